The molecule has 0 unspecified atom stereocenters. The Bertz CT molecular complexity index is 410. The van der Waals surface area contributed by atoms with Gasteiger partial charge in [-0.3, -0.25) is 10.1 Å². The molecule has 2 N–H and O–H groups in total. The van der Waals surface area contributed by atoms with E-state index in [9.17, 15) is 10.1 Å². The van der Waals surface area contributed by atoms with Crippen molar-refractivity contribution in [3.05, 3.63) is 28.0 Å². The first-order valence-electron chi connectivity index (χ1n) is 6.19. The van der Waals surface area contributed by atoms with Crippen LogP contribution in [0.1, 0.15) is 37.9 Å². The van der Waals surface area contributed by atoms with Crippen LogP contribution in [-0.4, -0.2) is 17.1 Å². The van der Waals surface area contributed by atoms with Crippen LogP contribution in [0.15, 0.2) is 16.5 Å². The maximum atomic E-state index is 10.4. The Hall–Kier alpha value is -1.40. The largest absolute Gasteiger partial charge is 0.433 e. The van der Waals surface area contributed by atoms with Gasteiger partial charge in [-0.2, -0.15) is 0 Å². The Morgan fingerprint density at radius 1 is 1.39 bits per heavy atom. The number of furan rings is 1. The molecule has 1 aliphatic rings. The summed E-state index contributed by atoms with van der Waals surface area (Å²) in [6.07, 6.45) is 5.48. The lowest BCUT2D eigenvalue weighted by Gasteiger charge is -2.32. The highest BCUT2D eigenvalue weighted by molar-refractivity contribution is 5.17. The molecule has 0 bridgehead atoms. The first-order valence-corrected chi connectivity index (χ1v) is 6.19. The molecule has 1 aromatic rings. The molecule has 0 radical (unpaired) electrons. The molecule has 1 aliphatic carbocycles. The molecular formula is C12H18N2O4. The van der Waals surface area contributed by atoms with Crippen LogP contribution in [0, 0.1) is 10.1 Å². The topological polar surface area (TPSA) is 91.5 Å². The van der Waals surface area contributed by atoms with Gasteiger partial charge in [0.05, 0.1) is 12.7 Å². The van der Waals surface area contributed by atoms with Gasteiger partial charge in [0.25, 0.3) is 0 Å². The van der Waals surface area contributed by atoms with Gasteiger partial charge in [0.1, 0.15) is 17.3 Å². The summed E-state index contributed by atoms with van der Waals surface area (Å²) in [6, 6.07) is 2.89. The third-order valence-electron chi connectivity index (χ3n) is 3.31. The molecule has 0 saturated heterocycles. The van der Waals surface area contributed by atoms with Crippen molar-refractivity contribution in [2.75, 3.05) is 6.61 Å². The Labute approximate surface area is 105 Å². The monoisotopic (exact) mass is 254 g/mol. The average Bonchev–Trinajstić information content (AvgIpc) is 2.78. The van der Waals surface area contributed by atoms with Gasteiger partial charge in [-0.05, 0) is 18.9 Å². The molecular weight excluding hydrogens is 236 g/mol. The summed E-state index contributed by atoms with van der Waals surface area (Å²) in [7, 11) is 0. The minimum atomic E-state index is -0.560. The first kappa shape index (κ1) is 13.0. The fraction of sp³-hybridized carbons (Fsp3) is 0.667. The molecule has 6 nitrogen and oxygen atoms in total. The minimum absolute atomic E-state index is 0.229. The number of nitrogens with two attached hydrogens (primary N) is 1. The zero-order chi connectivity index (χ0) is 13.0. The van der Waals surface area contributed by atoms with Gasteiger partial charge in [0, 0.05) is 5.54 Å². The molecule has 6 heteroatoms. The Morgan fingerprint density at radius 3 is 2.72 bits per heavy atom. The van der Waals surface area contributed by atoms with Gasteiger partial charge in [-0.1, -0.05) is 19.3 Å². The van der Waals surface area contributed by atoms with Crippen LogP contribution in [0.5, 0.6) is 0 Å². The van der Waals surface area contributed by atoms with E-state index >= 15 is 0 Å². The second kappa shape index (κ2) is 5.49. The van der Waals surface area contributed by atoms with E-state index in [1.807, 2.05) is 0 Å². The molecule has 18 heavy (non-hydrogen) atoms. The Kier molecular flexibility index (Phi) is 3.98. The average molecular weight is 254 g/mol. The maximum absolute atomic E-state index is 10.4. The standard InChI is InChI=1S/C12H18N2O4/c13-12(6-2-1-3-7-12)9-17-8-10-4-5-11(18-10)14(15)16/h4-5H,1-3,6-9,13H2. The summed E-state index contributed by atoms with van der Waals surface area (Å²) < 4.78 is 10.5. The van der Waals surface area contributed by atoms with Crippen molar-refractivity contribution in [2.45, 2.75) is 44.2 Å². The van der Waals surface area contributed by atoms with Gasteiger partial charge < -0.3 is 14.9 Å². The lowest BCUT2D eigenvalue weighted by atomic mass is 9.83. The van der Waals surface area contributed by atoms with Crippen LogP contribution < -0.4 is 5.73 Å². The Morgan fingerprint density at radius 2 is 2.11 bits per heavy atom. The van der Waals surface area contributed by atoms with Crippen molar-refractivity contribution in [2.24, 2.45) is 5.73 Å². The zero-order valence-electron chi connectivity index (χ0n) is 10.3. The van der Waals surface area contributed by atoms with E-state index in [4.69, 9.17) is 14.9 Å². The van der Waals surface area contributed by atoms with Crippen molar-refractivity contribution in [3.8, 4) is 0 Å². The van der Waals surface area contributed by atoms with Crippen LogP contribution in [-0.2, 0) is 11.3 Å². The van der Waals surface area contributed by atoms with Crippen LogP contribution >= 0.6 is 0 Å². The molecule has 100 valence electrons. The zero-order valence-corrected chi connectivity index (χ0v) is 10.3. The SMILES string of the molecule is NC1(COCc2ccc([N+](=O)[O-])o2)CCCCC1. The predicted octanol–water partition coefficient (Wildman–Crippen LogP) is 2.37. The van der Waals surface area contributed by atoms with Gasteiger partial charge in [0.2, 0.25) is 0 Å². The molecule has 1 aromatic heterocycles. The van der Waals surface area contributed by atoms with Gasteiger partial charge in [-0.25, -0.2) is 0 Å². The molecule has 0 atom stereocenters. The molecule has 0 amide bonds. The highest BCUT2D eigenvalue weighted by atomic mass is 16.6. The summed E-state index contributed by atoms with van der Waals surface area (Å²) in [5.41, 5.74) is 5.97. The summed E-state index contributed by atoms with van der Waals surface area (Å²) in [5.74, 6) is 0.204. The summed E-state index contributed by atoms with van der Waals surface area (Å²) in [5, 5.41) is 10.4. The van der Waals surface area contributed by atoms with E-state index < -0.39 is 4.92 Å². The van der Waals surface area contributed by atoms with E-state index in [1.165, 1.54) is 12.5 Å². The van der Waals surface area contributed by atoms with Gasteiger partial charge in [0.15, 0.2) is 0 Å². The second-order valence-electron chi connectivity index (χ2n) is 4.91. The fourth-order valence-electron chi connectivity index (χ4n) is 2.30. The number of hydrogen-bond donors (Lipinski definition) is 1. The molecule has 1 saturated carbocycles. The molecule has 1 fully saturated rings. The quantitative estimate of drug-likeness (QED) is 0.643. The number of ether oxygens (including phenoxy) is 1. The number of nitrogens with zero attached hydrogens (tertiary/aromatic N) is 1. The Balaban J connectivity index is 1.78. The summed E-state index contributed by atoms with van der Waals surface area (Å²) >= 11 is 0. The first-order chi connectivity index (χ1) is 8.59. The van der Waals surface area contributed by atoms with Crippen LogP contribution in [0.2, 0.25) is 0 Å². The molecule has 0 aliphatic heterocycles. The third-order valence-corrected chi connectivity index (χ3v) is 3.31. The van der Waals surface area contributed by atoms with Crippen molar-refractivity contribution in [3.63, 3.8) is 0 Å². The number of rotatable bonds is 5. The number of hydrogen-bond acceptors (Lipinski definition) is 5. The molecule has 0 spiro atoms. The van der Waals surface area contributed by atoms with E-state index in [0.717, 1.165) is 25.7 Å². The fourth-order valence-corrected chi connectivity index (χ4v) is 2.30. The predicted molar refractivity (Wildman–Crippen MR) is 65.0 cm³/mol. The van der Waals surface area contributed by atoms with Crippen molar-refractivity contribution >= 4 is 5.88 Å². The van der Waals surface area contributed by atoms with Crippen LogP contribution in [0.4, 0.5) is 5.88 Å². The third kappa shape index (κ3) is 3.30. The van der Waals surface area contributed by atoms with Crippen molar-refractivity contribution < 1.29 is 14.1 Å². The van der Waals surface area contributed by atoms with E-state index in [0.29, 0.717) is 12.4 Å². The van der Waals surface area contributed by atoms with Gasteiger partial charge >= 0.3 is 5.88 Å². The van der Waals surface area contributed by atoms with Crippen molar-refractivity contribution in [1.29, 1.82) is 0 Å². The molecule has 0 aromatic carbocycles. The number of nitro groups is 1. The maximum Gasteiger partial charge on any atom is 0.433 e. The summed E-state index contributed by atoms with van der Waals surface area (Å²) in [6.45, 7) is 0.703. The lowest BCUT2D eigenvalue weighted by molar-refractivity contribution is -0.402. The summed E-state index contributed by atoms with van der Waals surface area (Å²) in [4.78, 5) is 9.88. The van der Waals surface area contributed by atoms with Gasteiger partial charge in [-0.15, -0.1) is 0 Å². The molecule has 2 rings (SSSR count). The minimum Gasteiger partial charge on any atom is -0.403 e. The van der Waals surface area contributed by atoms with E-state index in [1.54, 1.807) is 6.07 Å². The normalized spacial score (nSPS) is 18.7. The van der Waals surface area contributed by atoms with Crippen molar-refractivity contribution in [1.82, 2.24) is 0 Å². The van der Waals surface area contributed by atoms with E-state index in [-0.39, 0.29) is 18.0 Å². The van der Waals surface area contributed by atoms with Crippen LogP contribution in [0.25, 0.3) is 0 Å². The second-order valence-corrected chi connectivity index (χ2v) is 4.91. The highest BCUT2D eigenvalue weighted by Gasteiger charge is 2.27. The highest BCUT2D eigenvalue weighted by Crippen LogP contribution is 2.26. The van der Waals surface area contributed by atoms with E-state index in [2.05, 4.69) is 0 Å². The smallest absolute Gasteiger partial charge is 0.403 e. The molecule has 1 heterocycles. The lowest BCUT2D eigenvalue weighted by Crippen LogP contribution is -2.46. The van der Waals surface area contributed by atoms with Crippen LogP contribution in [0.3, 0.4) is 0 Å².